The quantitative estimate of drug-likeness (QED) is 0.229. The molecule has 0 saturated carbocycles. The van der Waals surface area contributed by atoms with Gasteiger partial charge < -0.3 is 25.2 Å². The minimum Gasteiger partial charge on any atom is -0.392 e. The zero-order chi connectivity index (χ0) is 29.6. The van der Waals surface area contributed by atoms with Crippen molar-refractivity contribution in [3.8, 4) is 11.1 Å². The number of fused-ring (bicyclic) bond motifs is 1. The molecule has 2 aromatic carbocycles. The van der Waals surface area contributed by atoms with Crippen LogP contribution < -0.4 is 15.1 Å². The summed E-state index contributed by atoms with van der Waals surface area (Å²) in [6.45, 7) is 0.240. The molecule has 1 atom stereocenters. The number of H-pyrrole nitrogens is 1. The van der Waals surface area contributed by atoms with E-state index in [0.29, 0.717) is 29.6 Å². The van der Waals surface area contributed by atoms with Crippen molar-refractivity contribution in [1.82, 2.24) is 20.3 Å². The summed E-state index contributed by atoms with van der Waals surface area (Å²) in [5.74, 6) is -4.93. The van der Waals surface area contributed by atoms with Crippen LogP contribution in [0, 0.1) is 17.5 Å². The third-order valence-corrected chi connectivity index (χ3v) is 7.04. The largest absolute Gasteiger partial charge is 0.416 e. The van der Waals surface area contributed by atoms with Crippen LogP contribution >= 0.6 is 11.6 Å². The van der Waals surface area contributed by atoms with E-state index in [1.165, 1.54) is 13.2 Å². The van der Waals surface area contributed by atoms with Crippen LogP contribution in [0.2, 0.25) is 5.02 Å². The summed E-state index contributed by atoms with van der Waals surface area (Å²) in [6, 6.07) is 3.29. The molecule has 0 bridgehead atoms. The number of hydrogen-bond donors (Lipinski definition) is 3. The Balaban J connectivity index is 1.58. The Morgan fingerprint density at radius 1 is 1.15 bits per heavy atom. The highest BCUT2D eigenvalue weighted by Crippen LogP contribution is 2.38. The molecule has 1 aliphatic heterocycles. The molecule has 5 rings (SSSR count). The Bertz CT molecular complexity index is 1620. The number of carbonyl (C=O) groups excluding carboxylic acids is 1. The van der Waals surface area contributed by atoms with Crippen LogP contribution in [0.15, 0.2) is 36.5 Å². The van der Waals surface area contributed by atoms with Crippen molar-refractivity contribution in [1.29, 1.82) is 0 Å². The number of anilines is 2. The van der Waals surface area contributed by atoms with E-state index in [-0.39, 0.29) is 59.4 Å². The lowest BCUT2D eigenvalue weighted by atomic mass is 10.0. The number of aliphatic hydroxyl groups is 1. The number of piperazine rings is 1. The predicted molar refractivity (Wildman–Crippen MR) is 139 cm³/mol. The molecule has 15 heteroatoms. The third kappa shape index (κ3) is 5.36. The van der Waals surface area contributed by atoms with Gasteiger partial charge in [-0.05, 0) is 41.5 Å². The lowest BCUT2D eigenvalue weighted by Gasteiger charge is -2.41. The van der Waals surface area contributed by atoms with Crippen molar-refractivity contribution >= 4 is 40.3 Å². The minimum absolute atomic E-state index is 0.0339. The number of aliphatic hydroxyl groups excluding tert-OH is 1. The molecule has 0 spiro atoms. The number of imidazole rings is 1. The summed E-state index contributed by atoms with van der Waals surface area (Å²) in [4.78, 5) is 27.7. The van der Waals surface area contributed by atoms with Crippen molar-refractivity contribution in [3.05, 3.63) is 70.1 Å². The van der Waals surface area contributed by atoms with Crippen molar-refractivity contribution in [3.63, 3.8) is 0 Å². The highest BCUT2D eigenvalue weighted by atomic mass is 35.5. The second-order valence-electron chi connectivity index (χ2n) is 9.31. The summed E-state index contributed by atoms with van der Waals surface area (Å²) >= 11 is 6.35. The highest BCUT2D eigenvalue weighted by Gasteiger charge is 2.36. The van der Waals surface area contributed by atoms with E-state index in [1.807, 2.05) is 0 Å². The van der Waals surface area contributed by atoms with Crippen LogP contribution in [0.25, 0.3) is 22.2 Å². The highest BCUT2D eigenvalue weighted by molar-refractivity contribution is 6.33. The molecule has 4 aromatic rings. The van der Waals surface area contributed by atoms with Crippen LogP contribution in [0.1, 0.15) is 11.1 Å². The SMILES string of the molecule is CNC(=O)C1CN(c2ncc(CO)cc2Cl)CCN1c1nc2c(-c3cc(F)c(F)c(F)c3)cc(C(F)(F)F)cc2[nH]1. The smallest absolute Gasteiger partial charge is 0.392 e. The maximum absolute atomic E-state index is 14.0. The fourth-order valence-corrected chi connectivity index (χ4v) is 5.05. The summed E-state index contributed by atoms with van der Waals surface area (Å²) < 4.78 is 82.9. The Kier molecular flexibility index (Phi) is 7.46. The number of amides is 1. The molecule has 3 heterocycles. The van der Waals surface area contributed by atoms with E-state index in [1.54, 1.807) is 15.9 Å². The van der Waals surface area contributed by atoms with Crippen molar-refractivity contribution < 1.29 is 36.2 Å². The molecule has 1 saturated heterocycles. The van der Waals surface area contributed by atoms with Crippen LogP contribution in [-0.2, 0) is 17.6 Å². The minimum atomic E-state index is -4.82. The lowest BCUT2D eigenvalue weighted by Crippen LogP contribution is -2.59. The van der Waals surface area contributed by atoms with E-state index < -0.39 is 41.1 Å². The zero-order valence-electron chi connectivity index (χ0n) is 21.2. The first kappa shape index (κ1) is 28.5. The van der Waals surface area contributed by atoms with Gasteiger partial charge in [0.1, 0.15) is 11.9 Å². The molecule has 41 heavy (non-hydrogen) atoms. The number of benzene rings is 2. The molecule has 1 unspecified atom stereocenters. The van der Waals surface area contributed by atoms with Gasteiger partial charge >= 0.3 is 6.18 Å². The van der Waals surface area contributed by atoms with Gasteiger partial charge in [-0.2, -0.15) is 13.2 Å². The van der Waals surface area contributed by atoms with Gasteiger partial charge in [-0.3, -0.25) is 4.79 Å². The number of aromatic amines is 1. The van der Waals surface area contributed by atoms with Crippen molar-refractivity contribution in [2.45, 2.75) is 18.8 Å². The second-order valence-corrected chi connectivity index (χ2v) is 9.72. The molecule has 1 aliphatic rings. The maximum atomic E-state index is 14.0. The number of rotatable bonds is 5. The zero-order valence-corrected chi connectivity index (χ0v) is 21.9. The number of hydrogen-bond acceptors (Lipinski definition) is 6. The molecule has 0 aliphatic carbocycles. The summed E-state index contributed by atoms with van der Waals surface area (Å²) in [5.41, 5.74) is -1.45. The molecule has 1 amide bonds. The summed E-state index contributed by atoms with van der Waals surface area (Å²) in [5, 5.41) is 12.1. The maximum Gasteiger partial charge on any atom is 0.416 e. The first-order chi connectivity index (χ1) is 19.4. The number of alkyl halides is 3. The first-order valence-electron chi connectivity index (χ1n) is 12.2. The fourth-order valence-electron chi connectivity index (χ4n) is 4.74. The topological polar surface area (TPSA) is 97.4 Å². The van der Waals surface area contributed by atoms with Gasteiger partial charge in [-0.1, -0.05) is 11.6 Å². The van der Waals surface area contributed by atoms with E-state index in [4.69, 9.17) is 11.6 Å². The Hall–Kier alpha value is -4.04. The van der Waals surface area contributed by atoms with Crippen LogP contribution in [0.3, 0.4) is 0 Å². The number of likely N-dealkylation sites (N-methyl/N-ethyl adjacent to an activating group) is 1. The molecule has 2 aromatic heterocycles. The van der Waals surface area contributed by atoms with Gasteiger partial charge in [0.25, 0.3) is 0 Å². The molecule has 3 N–H and O–H groups in total. The lowest BCUT2D eigenvalue weighted by molar-refractivity contribution is -0.137. The Morgan fingerprint density at radius 3 is 2.46 bits per heavy atom. The molecule has 8 nitrogen and oxygen atoms in total. The molecule has 0 radical (unpaired) electrons. The normalized spacial score (nSPS) is 16.0. The standard InChI is InChI=1S/C26H21ClF6N6O2/c1-34-24(41)20-10-38(23-16(27)4-12(11-40)9-35-23)2-3-39(20)25-36-19-8-14(26(31,32)33)7-15(22(19)37-25)13-5-17(28)21(30)18(29)6-13/h4-9,20,40H,2-3,10-11H2,1H3,(H,34,41)(H,36,37). The van der Waals surface area contributed by atoms with Crippen molar-refractivity contribution in [2.75, 3.05) is 36.5 Å². The number of carbonyl (C=O) groups is 1. The first-order valence-corrected chi connectivity index (χ1v) is 12.5. The van der Waals surface area contributed by atoms with Crippen LogP contribution in [0.4, 0.5) is 38.1 Å². The molecule has 1 fully saturated rings. The second kappa shape index (κ2) is 10.7. The van der Waals surface area contributed by atoms with E-state index in [0.717, 1.165) is 6.07 Å². The predicted octanol–water partition coefficient (Wildman–Crippen LogP) is 4.65. The molecule has 216 valence electrons. The van der Waals surface area contributed by atoms with Gasteiger partial charge in [0, 0.05) is 38.4 Å². The number of halogens is 7. The Morgan fingerprint density at radius 2 is 1.85 bits per heavy atom. The fraction of sp³-hybridized carbons (Fsp3) is 0.269. The Labute approximate surface area is 233 Å². The van der Waals surface area contributed by atoms with Gasteiger partial charge in [0.2, 0.25) is 11.9 Å². The monoisotopic (exact) mass is 598 g/mol. The third-order valence-electron chi connectivity index (χ3n) is 6.76. The summed E-state index contributed by atoms with van der Waals surface area (Å²) in [6.07, 6.45) is -3.37. The number of pyridine rings is 1. The van der Waals surface area contributed by atoms with Gasteiger partial charge in [-0.25, -0.2) is 23.1 Å². The van der Waals surface area contributed by atoms with Gasteiger partial charge in [0.05, 0.1) is 28.2 Å². The van der Waals surface area contributed by atoms with Crippen molar-refractivity contribution in [2.24, 2.45) is 0 Å². The number of aromatic nitrogens is 3. The van der Waals surface area contributed by atoms with E-state index in [2.05, 4.69) is 20.3 Å². The molecular formula is C26H21ClF6N6O2. The van der Waals surface area contributed by atoms with Crippen LogP contribution in [-0.4, -0.2) is 58.7 Å². The van der Waals surface area contributed by atoms with Gasteiger partial charge in [-0.15, -0.1) is 0 Å². The van der Waals surface area contributed by atoms with Gasteiger partial charge in [0.15, 0.2) is 17.5 Å². The summed E-state index contributed by atoms with van der Waals surface area (Å²) in [7, 11) is 1.42. The van der Waals surface area contributed by atoms with Crippen LogP contribution in [0.5, 0.6) is 0 Å². The number of nitrogens with one attached hydrogen (secondary N) is 2. The molecular weight excluding hydrogens is 578 g/mol. The van der Waals surface area contributed by atoms with E-state index in [9.17, 15) is 36.2 Å². The number of nitrogens with zero attached hydrogens (tertiary/aromatic N) is 4. The average molecular weight is 599 g/mol. The average Bonchev–Trinajstić information content (AvgIpc) is 3.38. The van der Waals surface area contributed by atoms with E-state index >= 15 is 0 Å².